The molecule has 0 saturated carbocycles. The van der Waals surface area contributed by atoms with Crippen LogP contribution < -0.4 is 10.6 Å². The van der Waals surface area contributed by atoms with Gasteiger partial charge in [0.2, 0.25) is 0 Å². The first-order valence-electron chi connectivity index (χ1n) is 5.91. The molecule has 0 heterocycles. The number of hydrogen-bond donors (Lipinski definition) is 2. The van der Waals surface area contributed by atoms with Crippen molar-refractivity contribution in [2.24, 2.45) is 10.9 Å². The number of guanidine groups is 1. The van der Waals surface area contributed by atoms with Gasteiger partial charge in [0.05, 0.1) is 0 Å². The lowest BCUT2D eigenvalue weighted by molar-refractivity contribution is -0.153. The number of ether oxygens (including phenoxy) is 1. The first kappa shape index (κ1) is 19.8. The van der Waals surface area contributed by atoms with Gasteiger partial charge in [-0.15, -0.1) is 24.0 Å². The van der Waals surface area contributed by atoms with Crippen LogP contribution >= 0.6 is 24.0 Å². The third-order valence-electron chi connectivity index (χ3n) is 1.72. The molecule has 2 N–H and O–H groups in total. The molecule has 0 atom stereocenters. The van der Waals surface area contributed by atoms with E-state index < -0.39 is 5.60 Å². The zero-order valence-corrected chi connectivity index (χ0v) is 14.5. The van der Waals surface area contributed by atoms with Crippen LogP contribution in [0.1, 0.15) is 34.6 Å². The maximum atomic E-state index is 11.4. The molecule has 0 amide bonds. The van der Waals surface area contributed by atoms with Crippen molar-refractivity contribution >= 4 is 35.9 Å². The van der Waals surface area contributed by atoms with Gasteiger partial charge in [-0.25, -0.2) is 0 Å². The Hall–Kier alpha value is -0.530. The second kappa shape index (κ2) is 9.41. The van der Waals surface area contributed by atoms with E-state index in [-0.39, 0.29) is 36.5 Å². The summed E-state index contributed by atoms with van der Waals surface area (Å²) in [4.78, 5) is 15.5. The molecule has 0 radical (unpaired) electrons. The molecule has 0 fully saturated rings. The Morgan fingerprint density at radius 3 is 2.22 bits per heavy atom. The fourth-order valence-corrected chi connectivity index (χ4v) is 1.05. The molecule has 0 aliphatic rings. The zero-order chi connectivity index (χ0) is 13.5. The maximum absolute atomic E-state index is 11.4. The number of carbonyl (C=O) groups excluding carboxylic acids is 1. The highest BCUT2D eigenvalue weighted by molar-refractivity contribution is 14.0. The van der Waals surface area contributed by atoms with Crippen LogP contribution in [-0.2, 0) is 9.53 Å². The van der Waals surface area contributed by atoms with E-state index in [1.807, 2.05) is 20.8 Å². The third-order valence-corrected chi connectivity index (χ3v) is 1.72. The van der Waals surface area contributed by atoms with Gasteiger partial charge in [0.25, 0.3) is 0 Å². The SMILES string of the molecule is CN=C(NCC(=O)OC(C)(C)C)NCC(C)C.I. The monoisotopic (exact) mass is 371 g/mol. The second-order valence-electron chi connectivity index (χ2n) is 5.29. The molecular formula is C12H26IN3O2. The largest absolute Gasteiger partial charge is 0.459 e. The lowest BCUT2D eigenvalue weighted by atomic mass is 10.2. The third kappa shape index (κ3) is 11.9. The van der Waals surface area contributed by atoms with Crippen LogP contribution in [0.2, 0.25) is 0 Å². The number of nitrogens with one attached hydrogen (secondary N) is 2. The normalized spacial score (nSPS) is 11.8. The quantitative estimate of drug-likeness (QED) is 0.342. The molecule has 0 unspecified atom stereocenters. The molecule has 0 aromatic heterocycles. The van der Waals surface area contributed by atoms with E-state index in [9.17, 15) is 4.79 Å². The number of esters is 1. The van der Waals surface area contributed by atoms with Crippen molar-refractivity contribution < 1.29 is 9.53 Å². The van der Waals surface area contributed by atoms with Gasteiger partial charge in [0.15, 0.2) is 5.96 Å². The minimum absolute atomic E-state index is 0. The molecule has 0 rings (SSSR count). The molecule has 18 heavy (non-hydrogen) atoms. The van der Waals surface area contributed by atoms with E-state index in [1.54, 1.807) is 7.05 Å². The molecule has 0 aliphatic heterocycles. The predicted molar refractivity (Wildman–Crippen MR) is 85.5 cm³/mol. The van der Waals surface area contributed by atoms with Crippen molar-refractivity contribution in [1.29, 1.82) is 0 Å². The van der Waals surface area contributed by atoms with E-state index >= 15 is 0 Å². The first-order chi connectivity index (χ1) is 7.74. The molecule has 0 saturated heterocycles. The number of carbonyl (C=O) groups is 1. The van der Waals surface area contributed by atoms with Crippen LogP contribution in [0, 0.1) is 5.92 Å². The molecule has 0 spiro atoms. The van der Waals surface area contributed by atoms with Crippen LogP contribution in [0.3, 0.4) is 0 Å². The van der Waals surface area contributed by atoms with Crippen molar-refractivity contribution in [1.82, 2.24) is 10.6 Å². The Morgan fingerprint density at radius 2 is 1.83 bits per heavy atom. The molecule has 0 bridgehead atoms. The van der Waals surface area contributed by atoms with Crippen LogP contribution in [-0.4, -0.2) is 37.7 Å². The van der Waals surface area contributed by atoms with Crippen molar-refractivity contribution in [3.63, 3.8) is 0 Å². The topological polar surface area (TPSA) is 62.7 Å². The zero-order valence-electron chi connectivity index (χ0n) is 12.2. The van der Waals surface area contributed by atoms with E-state index in [1.165, 1.54) is 0 Å². The maximum Gasteiger partial charge on any atom is 0.325 e. The van der Waals surface area contributed by atoms with Crippen LogP contribution in [0.5, 0.6) is 0 Å². The number of nitrogens with zero attached hydrogens (tertiary/aromatic N) is 1. The molecular weight excluding hydrogens is 345 g/mol. The van der Waals surface area contributed by atoms with E-state index in [0.29, 0.717) is 11.9 Å². The Balaban J connectivity index is 0. The summed E-state index contributed by atoms with van der Waals surface area (Å²) in [6.07, 6.45) is 0. The fraction of sp³-hybridized carbons (Fsp3) is 0.833. The highest BCUT2D eigenvalue weighted by atomic mass is 127. The summed E-state index contributed by atoms with van der Waals surface area (Å²) in [7, 11) is 1.67. The van der Waals surface area contributed by atoms with Gasteiger partial charge in [-0.3, -0.25) is 9.79 Å². The molecule has 0 aromatic carbocycles. The molecule has 0 aromatic rings. The molecule has 5 nitrogen and oxygen atoms in total. The second-order valence-corrected chi connectivity index (χ2v) is 5.29. The van der Waals surface area contributed by atoms with Gasteiger partial charge in [-0.05, 0) is 26.7 Å². The average Bonchev–Trinajstić information content (AvgIpc) is 2.14. The summed E-state index contributed by atoms with van der Waals surface area (Å²) >= 11 is 0. The Morgan fingerprint density at radius 1 is 1.28 bits per heavy atom. The van der Waals surface area contributed by atoms with Crippen LogP contribution in [0.4, 0.5) is 0 Å². The summed E-state index contributed by atoms with van der Waals surface area (Å²) in [5, 5.41) is 6.03. The smallest absolute Gasteiger partial charge is 0.325 e. The summed E-state index contributed by atoms with van der Waals surface area (Å²) in [6.45, 7) is 10.7. The van der Waals surface area contributed by atoms with Gasteiger partial charge in [-0.1, -0.05) is 13.8 Å². The Bertz CT molecular complexity index is 273. The molecule has 6 heteroatoms. The number of hydrogen-bond acceptors (Lipinski definition) is 3. The highest BCUT2D eigenvalue weighted by Crippen LogP contribution is 2.06. The fourth-order valence-electron chi connectivity index (χ4n) is 1.05. The van der Waals surface area contributed by atoms with Gasteiger partial charge < -0.3 is 15.4 Å². The number of rotatable bonds is 4. The van der Waals surface area contributed by atoms with Crippen molar-refractivity contribution in [2.75, 3.05) is 20.1 Å². The summed E-state index contributed by atoms with van der Waals surface area (Å²) in [5.74, 6) is 0.852. The summed E-state index contributed by atoms with van der Waals surface area (Å²) in [5.41, 5.74) is -0.451. The van der Waals surface area contributed by atoms with Crippen LogP contribution in [0.15, 0.2) is 4.99 Å². The van der Waals surface area contributed by atoms with Gasteiger partial charge in [-0.2, -0.15) is 0 Å². The standard InChI is InChI=1S/C12H25N3O2.HI/c1-9(2)7-14-11(13-6)15-8-10(16)17-12(3,4)5;/h9H,7-8H2,1-6H3,(H2,13,14,15);1H. The van der Waals surface area contributed by atoms with Gasteiger partial charge >= 0.3 is 5.97 Å². The predicted octanol–water partition coefficient (Wildman–Crippen LogP) is 1.77. The van der Waals surface area contributed by atoms with E-state index in [4.69, 9.17) is 4.74 Å². The highest BCUT2D eigenvalue weighted by Gasteiger charge is 2.16. The lowest BCUT2D eigenvalue weighted by Crippen LogP contribution is -2.42. The number of aliphatic imine (C=N–C) groups is 1. The van der Waals surface area contributed by atoms with Crippen molar-refractivity contribution in [3.8, 4) is 0 Å². The first-order valence-corrected chi connectivity index (χ1v) is 5.91. The van der Waals surface area contributed by atoms with Crippen molar-refractivity contribution in [3.05, 3.63) is 0 Å². The van der Waals surface area contributed by atoms with E-state index in [0.717, 1.165) is 6.54 Å². The molecule has 0 aliphatic carbocycles. The number of halogens is 1. The lowest BCUT2D eigenvalue weighted by Gasteiger charge is -2.20. The van der Waals surface area contributed by atoms with E-state index in [2.05, 4.69) is 29.5 Å². The minimum Gasteiger partial charge on any atom is -0.459 e. The van der Waals surface area contributed by atoms with Gasteiger partial charge in [0.1, 0.15) is 12.1 Å². The Labute approximate surface area is 127 Å². The summed E-state index contributed by atoms with van der Waals surface area (Å²) in [6, 6.07) is 0. The van der Waals surface area contributed by atoms with Gasteiger partial charge in [0, 0.05) is 13.6 Å². The van der Waals surface area contributed by atoms with Crippen molar-refractivity contribution in [2.45, 2.75) is 40.2 Å². The molecule has 108 valence electrons. The average molecular weight is 371 g/mol. The summed E-state index contributed by atoms with van der Waals surface area (Å²) < 4.78 is 5.17. The van der Waals surface area contributed by atoms with Crippen LogP contribution in [0.25, 0.3) is 0 Å². The Kier molecular flexibility index (Phi) is 10.3. The minimum atomic E-state index is -0.451.